The van der Waals surface area contributed by atoms with E-state index in [1.165, 1.54) is 25.7 Å². The molecule has 2 aliphatic carbocycles. The largest absolute Gasteiger partial charge is 0.373 e. The van der Waals surface area contributed by atoms with Crippen molar-refractivity contribution in [3.05, 3.63) is 23.4 Å². The minimum absolute atomic E-state index is 0.0206. The molecule has 0 spiro atoms. The number of pyridine rings is 1. The Balaban J connectivity index is 1.67. The lowest BCUT2D eigenvalue weighted by molar-refractivity contribution is 0.0915. The van der Waals surface area contributed by atoms with E-state index < -0.39 is 0 Å². The predicted molar refractivity (Wildman–Crippen MR) is 84.4 cm³/mol. The van der Waals surface area contributed by atoms with Crippen LogP contribution in [0, 0.1) is 24.7 Å². The van der Waals surface area contributed by atoms with Crippen LogP contribution in [0.5, 0.6) is 0 Å². The molecule has 1 aromatic heterocycles. The number of aryl methyl sites for hydroxylation is 1. The Morgan fingerprint density at radius 3 is 2.76 bits per heavy atom. The average molecular weight is 287 g/mol. The number of carbonyl (C=O) groups is 1. The minimum atomic E-state index is 0.0206. The maximum Gasteiger partial charge on any atom is 0.251 e. The number of nitrogens with one attached hydrogen (secondary N) is 2. The minimum Gasteiger partial charge on any atom is -0.373 e. The highest BCUT2D eigenvalue weighted by atomic mass is 16.1. The zero-order valence-corrected chi connectivity index (χ0v) is 13.1. The van der Waals surface area contributed by atoms with Crippen LogP contribution in [0.2, 0.25) is 0 Å². The SMILES string of the molecule is CNc1cc(C(=O)NC(C)C2CC3CCC2C3)cc(C)n1. The molecule has 3 rings (SSSR count). The molecule has 2 saturated carbocycles. The third kappa shape index (κ3) is 2.89. The average Bonchev–Trinajstić information content (AvgIpc) is 3.09. The van der Waals surface area contributed by atoms with Crippen LogP contribution >= 0.6 is 0 Å². The highest BCUT2D eigenvalue weighted by Crippen LogP contribution is 2.49. The summed E-state index contributed by atoms with van der Waals surface area (Å²) in [6, 6.07) is 3.93. The van der Waals surface area contributed by atoms with Crippen molar-refractivity contribution >= 4 is 11.7 Å². The topological polar surface area (TPSA) is 54.0 Å². The van der Waals surface area contributed by atoms with Gasteiger partial charge < -0.3 is 10.6 Å². The van der Waals surface area contributed by atoms with Gasteiger partial charge in [0, 0.05) is 24.3 Å². The Kier molecular flexibility index (Phi) is 3.87. The molecule has 21 heavy (non-hydrogen) atoms. The Morgan fingerprint density at radius 2 is 2.14 bits per heavy atom. The van der Waals surface area contributed by atoms with Crippen molar-refractivity contribution < 1.29 is 4.79 Å². The molecule has 4 unspecified atom stereocenters. The first-order chi connectivity index (χ1) is 10.1. The summed E-state index contributed by atoms with van der Waals surface area (Å²) in [5.41, 5.74) is 1.56. The van der Waals surface area contributed by atoms with Gasteiger partial charge in [-0.05, 0) is 63.0 Å². The van der Waals surface area contributed by atoms with Gasteiger partial charge in [-0.15, -0.1) is 0 Å². The van der Waals surface area contributed by atoms with Gasteiger partial charge in [0.05, 0.1) is 0 Å². The monoisotopic (exact) mass is 287 g/mol. The Morgan fingerprint density at radius 1 is 1.33 bits per heavy atom. The normalized spacial score (nSPS) is 28.4. The van der Waals surface area contributed by atoms with Gasteiger partial charge in [-0.3, -0.25) is 4.79 Å². The Hall–Kier alpha value is -1.58. The van der Waals surface area contributed by atoms with Crippen molar-refractivity contribution in [2.75, 3.05) is 12.4 Å². The van der Waals surface area contributed by atoms with E-state index in [4.69, 9.17) is 0 Å². The second kappa shape index (κ2) is 5.66. The van der Waals surface area contributed by atoms with Gasteiger partial charge in [0.1, 0.15) is 5.82 Å². The third-order valence-corrected chi connectivity index (χ3v) is 5.27. The van der Waals surface area contributed by atoms with Crippen molar-refractivity contribution in [2.24, 2.45) is 17.8 Å². The molecule has 114 valence electrons. The van der Waals surface area contributed by atoms with E-state index >= 15 is 0 Å². The fraction of sp³-hybridized carbons (Fsp3) is 0.647. The van der Waals surface area contributed by atoms with Gasteiger partial charge >= 0.3 is 0 Å². The molecule has 2 N–H and O–H groups in total. The summed E-state index contributed by atoms with van der Waals surface area (Å²) >= 11 is 0. The molecule has 4 atom stereocenters. The van der Waals surface area contributed by atoms with E-state index in [-0.39, 0.29) is 11.9 Å². The smallest absolute Gasteiger partial charge is 0.251 e. The maximum absolute atomic E-state index is 12.5. The van der Waals surface area contributed by atoms with Gasteiger partial charge in [-0.1, -0.05) is 6.42 Å². The summed E-state index contributed by atoms with van der Waals surface area (Å²) in [6.07, 6.45) is 5.43. The Bertz CT molecular complexity index is 543. The molecule has 1 amide bonds. The lowest BCUT2D eigenvalue weighted by atomic mass is 9.84. The molecule has 2 bridgehead atoms. The van der Waals surface area contributed by atoms with E-state index in [1.807, 2.05) is 26.1 Å². The zero-order valence-electron chi connectivity index (χ0n) is 13.1. The van der Waals surface area contributed by atoms with E-state index in [0.29, 0.717) is 11.5 Å². The van der Waals surface area contributed by atoms with Gasteiger partial charge in [0.25, 0.3) is 5.91 Å². The molecule has 4 heteroatoms. The molecular weight excluding hydrogens is 262 g/mol. The number of amides is 1. The summed E-state index contributed by atoms with van der Waals surface area (Å²) in [4.78, 5) is 16.8. The summed E-state index contributed by atoms with van der Waals surface area (Å²) in [5.74, 6) is 3.18. The van der Waals surface area contributed by atoms with E-state index in [9.17, 15) is 4.79 Å². The Labute approximate surface area is 126 Å². The molecule has 1 aromatic rings. The summed E-state index contributed by atoms with van der Waals surface area (Å²) < 4.78 is 0. The van der Waals surface area contributed by atoms with E-state index in [0.717, 1.165) is 23.3 Å². The quantitative estimate of drug-likeness (QED) is 0.895. The summed E-state index contributed by atoms with van der Waals surface area (Å²) in [7, 11) is 1.82. The number of anilines is 1. The van der Waals surface area contributed by atoms with Crippen molar-refractivity contribution in [3.63, 3.8) is 0 Å². The fourth-order valence-electron chi connectivity index (χ4n) is 4.23. The molecule has 2 fully saturated rings. The van der Waals surface area contributed by atoms with E-state index in [1.54, 1.807) is 0 Å². The van der Waals surface area contributed by atoms with Crippen LogP contribution in [0.25, 0.3) is 0 Å². The van der Waals surface area contributed by atoms with Crippen LogP contribution in [-0.4, -0.2) is 24.0 Å². The molecule has 2 aliphatic rings. The van der Waals surface area contributed by atoms with Crippen molar-refractivity contribution in [3.8, 4) is 0 Å². The molecule has 1 heterocycles. The predicted octanol–water partition coefficient (Wildman–Crippen LogP) is 2.99. The van der Waals surface area contributed by atoms with Gasteiger partial charge in [0.15, 0.2) is 0 Å². The number of hydrogen-bond acceptors (Lipinski definition) is 3. The molecular formula is C17H25N3O. The van der Waals surface area contributed by atoms with Gasteiger partial charge in [-0.2, -0.15) is 0 Å². The van der Waals surface area contributed by atoms with Crippen LogP contribution in [0.3, 0.4) is 0 Å². The molecule has 0 radical (unpaired) electrons. The second-order valence-corrected chi connectivity index (χ2v) is 6.73. The number of carbonyl (C=O) groups excluding carboxylic acids is 1. The second-order valence-electron chi connectivity index (χ2n) is 6.73. The number of aromatic nitrogens is 1. The molecule has 0 aromatic carbocycles. The standard InChI is InChI=1S/C17H25N3O/c1-10-6-14(9-16(18-3)19-10)17(21)20-11(2)15-8-12-4-5-13(15)7-12/h6,9,11-13,15H,4-5,7-8H2,1-3H3,(H,18,19)(H,20,21). The van der Waals surface area contributed by atoms with Crippen molar-refractivity contribution in [1.82, 2.24) is 10.3 Å². The number of fused-ring (bicyclic) bond motifs is 2. The number of nitrogens with zero attached hydrogens (tertiary/aromatic N) is 1. The lowest BCUT2D eigenvalue weighted by Gasteiger charge is -2.28. The highest BCUT2D eigenvalue weighted by Gasteiger charge is 2.42. The van der Waals surface area contributed by atoms with Crippen LogP contribution in [0.15, 0.2) is 12.1 Å². The van der Waals surface area contributed by atoms with Crippen molar-refractivity contribution in [2.45, 2.75) is 45.6 Å². The van der Waals surface area contributed by atoms with Crippen LogP contribution < -0.4 is 10.6 Å². The van der Waals surface area contributed by atoms with Crippen molar-refractivity contribution in [1.29, 1.82) is 0 Å². The molecule has 0 aliphatic heterocycles. The first kappa shape index (κ1) is 14.4. The highest BCUT2D eigenvalue weighted by molar-refractivity contribution is 5.95. The maximum atomic E-state index is 12.5. The fourth-order valence-corrected chi connectivity index (χ4v) is 4.23. The number of hydrogen-bond donors (Lipinski definition) is 2. The number of rotatable bonds is 4. The molecule has 0 saturated heterocycles. The first-order valence-corrected chi connectivity index (χ1v) is 8.04. The lowest BCUT2D eigenvalue weighted by Crippen LogP contribution is -2.40. The third-order valence-electron chi connectivity index (χ3n) is 5.27. The summed E-state index contributed by atoms with van der Waals surface area (Å²) in [6.45, 7) is 4.08. The van der Waals surface area contributed by atoms with Crippen LogP contribution in [0.1, 0.15) is 48.7 Å². The van der Waals surface area contributed by atoms with E-state index in [2.05, 4.69) is 22.5 Å². The first-order valence-electron chi connectivity index (χ1n) is 8.04. The van der Waals surface area contributed by atoms with Gasteiger partial charge in [-0.25, -0.2) is 4.98 Å². The van der Waals surface area contributed by atoms with Crippen LogP contribution in [0.4, 0.5) is 5.82 Å². The van der Waals surface area contributed by atoms with Crippen LogP contribution in [-0.2, 0) is 0 Å². The van der Waals surface area contributed by atoms with Gasteiger partial charge in [0.2, 0.25) is 0 Å². The summed E-state index contributed by atoms with van der Waals surface area (Å²) in [5, 5.41) is 6.21. The zero-order chi connectivity index (χ0) is 15.0. The molecule has 4 nitrogen and oxygen atoms in total.